The standard InChI is InChI=1S/C20H12Cl2N2O2/c21-14-6-8-17(18(22)11-14)19-9-7-16(26-19)10-13(12-23)20(25)24-15-4-2-1-3-5-15/h1-11H,(H,24,25)/b13-10-. The van der Waals surface area contributed by atoms with E-state index in [-0.39, 0.29) is 5.57 Å². The number of halogens is 2. The summed E-state index contributed by atoms with van der Waals surface area (Å²) in [6, 6.07) is 19.2. The first-order valence-electron chi connectivity index (χ1n) is 7.60. The van der Waals surface area contributed by atoms with Crippen LogP contribution in [0.2, 0.25) is 10.0 Å². The lowest BCUT2D eigenvalue weighted by Gasteiger charge is -2.03. The Hall–Kier alpha value is -3.00. The number of benzene rings is 2. The fourth-order valence-electron chi connectivity index (χ4n) is 2.28. The molecular weight excluding hydrogens is 371 g/mol. The van der Waals surface area contributed by atoms with Gasteiger partial charge in [0.05, 0.1) is 5.02 Å². The summed E-state index contributed by atoms with van der Waals surface area (Å²) >= 11 is 12.1. The van der Waals surface area contributed by atoms with Crippen molar-refractivity contribution in [3.8, 4) is 17.4 Å². The Balaban J connectivity index is 1.83. The maximum Gasteiger partial charge on any atom is 0.266 e. The molecule has 3 rings (SSSR count). The fraction of sp³-hybridized carbons (Fsp3) is 0. The monoisotopic (exact) mass is 382 g/mol. The van der Waals surface area contributed by atoms with Crippen molar-refractivity contribution in [3.63, 3.8) is 0 Å². The molecule has 0 unspecified atom stereocenters. The van der Waals surface area contributed by atoms with Crippen LogP contribution < -0.4 is 5.32 Å². The summed E-state index contributed by atoms with van der Waals surface area (Å²) < 4.78 is 5.69. The summed E-state index contributed by atoms with van der Waals surface area (Å²) in [5.41, 5.74) is 1.20. The van der Waals surface area contributed by atoms with Crippen LogP contribution in [0.15, 0.2) is 70.7 Å². The van der Waals surface area contributed by atoms with Gasteiger partial charge in [0, 0.05) is 22.3 Å². The summed E-state index contributed by atoms with van der Waals surface area (Å²) in [6.45, 7) is 0. The van der Waals surface area contributed by atoms with Crippen LogP contribution in [0.4, 0.5) is 5.69 Å². The molecule has 0 aliphatic heterocycles. The van der Waals surface area contributed by atoms with Crippen molar-refractivity contribution in [1.82, 2.24) is 0 Å². The zero-order valence-corrected chi connectivity index (χ0v) is 14.9. The molecule has 6 heteroatoms. The SMILES string of the molecule is N#C/C(=C/c1ccc(-c2ccc(Cl)cc2Cl)o1)C(=O)Nc1ccccc1. The van der Waals surface area contributed by atoms with Gasteiger partial charge in [-0.1, -0.05) is 41.4 Å². The van der Waals surface area contributed by atoms with Crippen LogP contribution in [0.3, 0.4) is 0 Å². The summed E-state index contributed by atoms with van der Waals surface area (Å²) in [5, 5.41) is 12.9. The van der Waals surface area contributed by atoms with E-state index in [1.807, 2.05) is 12.1 Å². The van der Waals surface area contributed by atoms with Gasteiger partial charge in [-0.05, 0) is 42.5 Å². The lowest BCUT2D eigenvalue weighted by atomic mass is 10.2. The van der Waals surface area contributed by atoms with Crippen LogP contribution in [-0.4, -0.2) is 5.91 Å². The molecule has 0 aliphatic rings. The highest BCUT2D eigenvalue weighted by atomic mass is 35.5. The minimum atomic E-state index is -0.513. The second-order valence-corrected chi connectivity index (χ2v) is 6.16. The van der Waals surface area contributed by atoms with Crippen LogP contribution >= 0.6 is 23.2 Å². The van der Waals surface area contributed by atoms with Gasteiger partial charge in [-0.25, -0.2) is 0 Å². The molecule has 1 heterocycles. The van der Waals surface area contributed by atoms with Crippen LogP contribution in [0, 0.1) is 11.3 Å². The first-order valence-corrected chi connectivity index (χ1v) is 8.36. The number of hydrogen-bond acceptors (Lipinski definition) is 3. The molecular formula is C20H12Cl2N2O2. The smallest absolute Gasteiger partial charge is 0.266 e. The molecule has 0 saturated carbocycles. The van der Waals surface area contributed by atoms with Crippen LogP contribution in [0.1, 0.15) is 5.76 Å². The molecule has 0 saturated heterocycles. The summed E-state index contributed by atoms with van der Waals surface area (Å²) in [6.07, 6.45) is 1.38. The van der Waals surface area contributed by atoms with Gasteiger partial charge in [-0.15, -0.1) is 0 Å². The minimum Gasteiger partial charge on any atom is -0.457 e. The molecule has 3 aromatic rings. The van der Waals surface area contributed by atoms with Crippen molar-refractivity contribution in [3.05, 3.63) is 82.0 Å². The third kappa shape index (κ3) is 4.15. The van der Waals surface area contributed by atoms with Crippen molar-refractivity contribution < 1.29 is 9.21 Å². The second-order valence-electron chi connectivity index (χ2n) is 5.32. The van der Waals surface area contributed by atoms with Crippen LogP contribution in [0.25, 0.3) is 17.4 Å². The first kappa shape index (κ1) is 17.8. The molecule has 0 spiro atoms. The predicted octanol–water partition coefficient (Wildman–Crippen LogP) is 5.80. The topological polar surface area (TPSA) is 66.0 Å². The van der Waals surface area contributed by atoms with Gasteiger partial charge >= 0.3 is 0 Å². The normalized spacial score (nSPS) is 11.0. The van der Waals surface area contributed by atoms with E-state index >= 15 is 0 Å². The van der Waals surface area contributed by atoms with Crippen molar-refractivity contribution in [1.29, 1.82) is 5.26 Å². The number of furan rings is 1. The third-order valence-electron chi connectivity index (χ3n) is 3.51. The maximum atomic E-state index is 12.2. The Morgan fingerprint density at radius 3 is 2.54 bits per heavy atom. The molecule has 0 aliphatic carbocycles. The number of carbonyl (C=O) groups is 1. The van der Waals surface area contributed by atoms with E-state index < -0.39 is 5.91 Å². The molecule has 128 valence electrons. The average Bonchev–Trinajstić information content (AvgIpc) is 3.08. The second kappa shape index (κ2) is 7.92. The van der Waals surface area contributed by atoms with E-state index in [0.29, 0.717) is 32.8 Å². The zero-order chi connectivity index (χ0) is 18.5. The van der Waals surface area contributed by atoms with E-state index in [9.17, 15) is 10.1 Å². The quantitative estimate of drug-likeness (QED) is 0.457. The maximum absolute atomic E-state index is 12.2. The van der Waals surface area contributed by atoms with Gasteiger partial charge < -0.3 is 9.73 Å². The number of anilines is 1. The van der Waals surface area contributed by atoms with Crippen molar-refractivity contribution in [2.45, 2.75) is 0 Å². The van der Waals surface area contributed by atoms with Crippen molar-refractivity contribution >= 4 is 40.9 Å². The Morgan fingerprint density at radius 2 is 1.85 bits per heavy atom. The van der Waals surface area contributed by atoms with Gasteiger partial charge in [-0.2, -0.15) is 5.26 Å². The molecule has 0 bridgehead atoms. The van der Waals surface area contributed by atoms with Gasteiger partial charge in [0.1, 0.15) is 23.2 Å². The molecule has 0 radical (unpaired) electrons. The highest BCUT2D eigenvalue weighted by molar-refractivity contribution is 6.36. The van der Waals surface area contributed by atoms with E-state index in [4.69, 9.17) is 27.6 Å². The number of nitrogens with one attached hydrogen (secondary N) is 1. The van der Waals surface area contributed by atoms with E-state index in [1.165, 1.54) is 6.08 Å². The van der Waals surface area contributed by atoms with Gasteiger partial charge in [0.2, 0.25) is 0 Å². The minimum absolute atomic E-state index is 0.0723. The Morgan fingerprint density at radius 1 is 1.08 bits per heavy atom. The summed E-state index contributed by atoms with van der Waals surface area (Å²) in [4.78, 5) is 12.2. The molecule has 4 nitrogen and oxygen atoms in total. The number of nitrogens with zero attached hydrogens (tertiary/aromatic N) is 1. The molecule has 0 fully saturated rings. The lowest BCUT2D eigenvalue weighted by Crippen LogP contribution is -2.13. The number of carbonyl (C=O) groups excluding carboxylic acids is 1. The zero-order valence-electron chi connectivity index (χ0n) is 13.4. The lowest BCUT2D eigenvalue weighted by molar-refractivity contribution is -0.112. The van der Waals surface area contributed by atoms with E-state index in [0.717, 1.165) is 0 Å². The predicted molar refractivity (Wildman–Crippen MR) is 103 cm³/mol. The number of amides is 1. The highest BCUT2D eigenvalue weighted by Crippen LogP contribution is 2.32. The Bertz CT molecular complexity index is 1020. The average molecular weight is 383 g/mol. The van der Waals surface area contributed by atoms with Gasteiger partial charge in [-0.3, -0.25) is 4.79 Å². The molecule has 1 amide bonds. The van der Waals surface area contributed by atoms with Crippen LogP contribution in [-0.2, 0) is 4.79 Å². The molecule has 26 heavy (non-hydrogen) atoms. The molecule has 1 aromatic heterocycles. The molecule has 2 aromatic carbocycles. The largest absolute Gasteiger partial charge is 0.457 e. The van der Waals surface area contributed by atoms with Crippen molar-refractivity contribution in [2.24, 2.45) is 0 Å². The first-order chi connectivity index (χ1) is 12.6. The number of hydrogen-bond donors (Lipinski definition) is 1. The summed E-state index contributed by atoms with van der Waals surface area (Å²) in [5.74, 6) is 0.366. The van der Waals surface area contributed by atoms with Gasteiger partial charge in [0.25, 0.3) is 5.91 Å². The Labute approximate surface area is 160 Å². The highest BCUT2D eigenvalue weighted by Gasteiger charge is 2.12. The molecule has 0 atom stereocenters. The van der Waals surface area contributed by atoms with Crippen molar-refractivity contribution in [2.75, 3.05) is 5.32 Å². The number of nitriles is 1. The van der Waals surface area contributed by atoms with E-state index in [2.05, 4.69) is 5.32 Å². The van der Waals surface area contributed by atoms with Crippen LogP contribution in [0.5, 0.6) is 0 Å². The molecule has 1 N–H and O–H groups in total. The van der Waals surface area contributed by atoms with E-state index in [1.54, 1.807) is 54.6 Å². The number of rotatable bonds is 4. The fourth-order valence-corrected chi connectivity index (χ4v) is 2.78. The van der Waals surface area contributed by atoms with Gasteiger partial charge in [0.15, 0.2) is 0 Å². The number of para-hydroxylation sites is 1. The summed E-state index contributed by atoms with van der Waals surface area (Å²) in [7, 11) is 0. The Kier molecular flexibility index (Phi) is 5.43. The third-order valence-corrected chi connectivity index (χ3v) is 4.05.